The van der Waals surface area contributed by atoms with Gasteiger partial charge in [0.05, 0.1) is 25.5 Å². The Morgan fingerprint density at radius 2 is 1.94 bits per heavy atom. The van der Waals surface area contributed by atoms with Gasteiger partial charge < -0.3 is 14.1 Å². The molecule has 0 spiro atoms. The lowest BCUT2D eigenvalue weighted by molar-refractivity contribution is -0.132. The van der Waals surface area contributed by atoms with E-state index < -0.39 is 0 Å². The molecule has 7 heteroatoms. The molecule has 3 heterocycles. The number of methoxy groups -OCH3 is 1. The molecule has 6 nitrogen and oxygen atoms in total. The zero-order chi connectivity index (χ0) is 21.9. The molecule has 0 unspecified atom stereocenters. The fourth-order valence-corrected chi connectivity index (χ4v) is 4.90. The summed E-state index contributed by atoms with van der Waals surface area (Å²) in [5.41, 5.74) is 3.92. The molecule has 32 heavy (non-hydrogen) atoms. The first kappa shape index (κ1) is 20.7. The minimum Gasteiger partial charge on any atom is -0.497 e. The number of furan rings is 1. The lowest BCUT2D eigenvalue weighted by Gasteiger charge is -2.34. The number of hydrogen-bond acceptors (Lipinski definition) is 6. The molecule has 0 aliphatic carbocycles. The van der Waals surface area contributed by atoms with Gasteiger partial charge in [-0.15, -0.1) is 11.3 Å². The van der Waals surface area contributed by atoms with Crippen LogP contribution in [0.25, 0.3) is 21.5 Å². The van der Waals surface area contributed by atoms with Gasteiger partial charge in [-0.3, -0.25) is 9.69 Å². The normalized spacial score (nSPS) is 14.7. The summed E-state index contributed by atoms with van der Waals surface area (Å²) in [6, 6.07) is 16.0. The molecule has 1 aliphatic heterocycles. The Labute approximate surface area is 191 Å². The van der Waals surface area contributed by atoms with Gasteiger partial charge in [0.15, 0.2) is 0 Å². The third kappa shape index (κ3) is 4.40. The van der Waals surface area contributed by atoms with Crippen LogP contribution in [-0.4, -0.2) is 54.0 Å². The SMILES string of the molecule is COc1ccc2c(CC(=O)N3CCN(Cc4csc(-c5ccccc5)n4)CC3)coc2c1. The number of ether oxygens (including phenoxy) is 1. The largest absolute Gasteiger partial charge is 0.497 e. The molecule has 1 amide bonds. The van der Waals surface area contributed by atoms with E-state index >= 15 is 0 Å². The number of amides is 1. The number of benzene rings is 2. The third-order valence-corrected chi connectivity index (χ3v) is 6.83. The first-order valence-corrected chi connectivity index (χ1v) is 11.6. The molecule has 5 rings (SSSR count). The number of rotatable bonds is 6. The number of nitrogens with zero attached hydrogens (tertiary/aromatic N) is 3. The summed E-state index contributed by atoms with van der Waals surface area (Å²) in [6.07, 6.45) is 2.04. The first-order chi connectivity index (χ1) is 15.7. The van der Waals surface area contributed by atoms with Crippen molar-refractivity contribution in [2.24, 2.45) is 0 Å². The van der Waals surface area contributed by atoms with E-state index in [0.717, 1.165) is 71.3 Å². The number of hydrogen-bond donors (Lipinski definition) is 0. The van der Waals surface area contributed by atoms with Crippen LogP contribution in [0.5, 0.6) is 5.75 Å². The molecule has 0 bridgehead atoms. The van der Waals surface area contributed by atoms with Crippen molar-refractivity contribution in [2.45, 2.75) is 13.0 Å². The molecule has 1 saturated heterocycles. The molecule has 4 aromatic rings. The van der Waals surface area contributed by atoms with Crippen LogP contribution in [0, 0.1) is 0 Å². The first-order valence-electron chi connectivity index (χ1n) is 10.7. The van der Waals surface area contributed by atoms with E-state index in [0.29, 0.717) is 6.42 Å². The second kappa shape index (κ2) is 9.14. The average Bonchev–Trinajstić information content (AvgIpc) is 3.47. The van der Waals surface area contributed by atoms with Crippen molar-refractivity contribution >= 4 is 28.2 Å². The predicted molar refractivity (Wildman–Crippen MR) is 126 cm³/mol. The molecule has 0 N–H and O–H groups in total. The minimum atomic E-state index is 0.142. The molecule has 2 aromatic heterocycles. The summed E-state index contributed by atoms with van der Waals surface area (Å²) in [5, 5.41) is 4.16. The van der Waals surface area contributed by atoms with Crippen LogP contribution in [0.3, 0.4) is 0 Å². The minimum absolute atomic E-state index is 0.142. The van der Waals surface area contributed by atoms with E-state index in [4.69, 9.17) is 14.1 Å². The Kier molecular flexibility index (Phi) is 5.92. The van der Waals surface area contributed by atoms with Crippen LogP contribution in [0.15, 0.2) is 64.6 Å². The van der Waals surface area contributed by atoms with Gasteiger partial charge in [-0.25, -0.2) is 4.98 Å². The Bertz CT molecular complexity index is 1210. The number of carbonyl (C=O) groups excluding carboxylic acids is 1. The molecule has 0 saturated carbocycles. The summed E-state index contributed by atoms with van der Waals surface area (Å²) in [5.74, 6) is 0.889. The third-order valence-electron chi connectivity index (χ3n) is 5.89. The lowest BCUT2D eigenvalue weighted by Crippen LogP contribution is -2.48. The Morgan fingerprint density at radius 3 is 2.72 bits per heavy atom. The second-order valence-corrected chi connectivity index (χ2v) is 8.82. The highest BCUT2D eigenvalue weighted by molar-refractivity contribution is 7.13. The smallest absolute Gasteiger partial charge is 0.227 e. The van der Waals surface area contributed by atoms with Crippen LogP contribution < -0.4 is 4.74 Å². The Balaban J connectivity index is 1.15. The fourth-order valence-electron chi connectivity index (χ4n) is 4.08. The van der Waals surface area contributed by atoms with Crippen molar-refractivity contribution in [1.29, 1.82) is 0 Å². The highest BCUT2D eigenvalue weighted by Gasteiger charge is 2.23. The molecule has 0 atom stereocenters. The van der Waals surface area contributed by atoms with Gasteiger partial charge in [-0.1, -0.05) is 30.3 Å². The highest BCUT2D eigenvalue weighted by atomic mass is 32.1. The number of thiazole rings is 1. The van der Waals surface area contributed by atoms with E-state index in [9.17, 15) is 4.79 Å². The molecular formula is C25H25N3O3S. The standard InChI is InChI=1S/C25H25N3O3S/c1-30-21-7-8-22-19(16-31-23(22)14-21)13-24(29)28-11-9-27(10-12-28)15-20-17-32-25(26-20)18-5-3-2-4-6-18/h2-8,14,16-17H,9-13,15H2,1H3. The van der Waals surface area contributed by atoms with E-state index in [1.165, 1.54) is 0 Å². The number of aromatic nitrogens is 1. The molecule has 0 radical (unpaired) electrons. The molecule has 1 fully saturated rings. The zero-order valence-electron chi connectivity index (χ0n) is 18.0. The Hall–Kier alpha value is -3.16. The second-order valence-electron chi connectivity index (χ2n) is 7.97. The van der Waals surface area contributed by atoms with Crippen molar-refractivity contribution in [1.82, 2.24) is 14.8 Å². The maximum absolute atomic E-state index is 12.9. The number of fused-ring (bicyclic) bond motifs is 1. The summed E-state index contributed by atoms with van der Waals surface area (Å²) in [7, 11) is 1.63. The van der Waals surface area contributed by atoms with Crippen LogP contribution in [-0.2, 0) is 17.8 Å². The zero-order valence-corrected chi connectivity index (χ0v) is 18.8. The van der Waals surface area contributed by atoms with Crippen molar-refractivity contribution < 1.29 is 13.9 Å². The van der Waals surface area contributed by atoms with Crippen LogP contribution in [0.4, 0.5) is 0 Å². The van der Waals surface area contributed by atoms with Crippen LogP contribution in [0.2, 0.25) is 0 Å². The quantitative estimate of drug-likeness (QED) is 0.437. The van der Waals surface area contributed by atoms with Crippen molar-refractivity contribution in [3.8, 4) is 16.3 Å². The maximum Gasteiger partial charge on any atom is 0.227 e. The van der Waals surface area contributed by atoms with E-state index in [1.54, 1.807) is 24.7 Å². The summed E-state index contributed by atoms with van der Waals surface area (Å²) in [6.45, 7) is 4.00. The number of carbonyl (C=O) groups is 1. The van der Waals surface area contributed by atoms with Gasteiger partial charge in [0.25, 0.3) is 0 Å². The molecule has 2 aromatic carbocycles. The van der Waals surface area contributed by atoms with Crippen molar-refractivity contribution in [3.05, 3.63) is 71.4 Å². The molecule has 164 valence electrons. The topological polar surface area (TPSA) is 58.8 Å². The van der Waals surface area contributed by atoms with Gasteiger partial charge >= 0.3 is 0 Å². The van der Waals surface area contributed by atoms with E-state index in [2.05, 4.69) is 22.4 Å². The van der Waals surface area contributed by atoms with Crippen molar-refractivity contribution in [3.63, 3.8) is 0 Å². The Morgan fingerprint density at radius 1 is 1.12 bits per heavy atom. The fraction of sp³-hybridized carbons (Fsp3) is 0.280. The maximum atomic E-state index is 12.9. The average molecular weight is 448 g/mol. The summed E-state index contributed by atoms with van der Waals surface area (Å²) < 4.78 is 10.9. The summed E-state index contributed by atoms with van der Waals surface area (Å²) in [4.78, 5) is 22.0. The number of piperazine rings is 1. The monoisotopic (exact) mass is 447 g/mol. The van der Waals surface area contributed by atoms with Crippen LogP contribution in [0.1, 0.15) is 11.3 Å². The van der Waals surface area contributed by atoms with Crippen LogP contribution >= 0.6 is 11.3 Å². The van der Waals surface area contributed by atoms with Gasteiger partial charge in [-0.2, -0.15) is 0 Å². The molecular weight excluding hydrogens is 422 g/mol. The summed E-state index contributed by atoms with van der Waals surface area (Å²) >= 11 is 1.68. The molecule has 1 aliphatic rings. The van der Waals surface area contributed by atoms with Gasteiger partial charge in [0.2, 0.25) is 5.91 Å². The van der Waals surface area contributed by atoms with Crippen molar-refractivity contribution in [2.75, 3.05) is 33.3 Å². The van der Waals surface area contributed by atoms with Gasteiger partial charge in [0.1, 0.15) is 16.3 Å². The van der Waals surface area contributed by atoms with E-state index in [-0.39, 0.29) is 5.91 Å². The lowest BCUT2D eigenvalue weighted by atomic mass is 10.1. The van der Waals surface area contributed by atoms with Gasteiger partial charge in [0, 0.05) is 60.7 Å². The van der Waals surface area contributed by atoms with Gasteiger partial charge in [-0.05, 0) is 12.1 Å². The highest BCUT2D eigenvalue weighted by Crippen LogP contribution is 2.27. The van der Waals surface area contributed by atoms with E-state index in [1.807, 2.05) is 41.3 Å². The predicted octanol–water partition coefficient (Wildman–Crippen LogP) is 4.45.